The van der Waals surface area contributed by atoms with Gasteiger partial charge in [-0.3, -0.25) is 4.79 Å². The number of hydrogen-bond donors (Lipinski definition) is 1. The molecule has 6 heteroatoms. The van der Waals surface area contributed by atoms with Gasteiger partial charge in [-0.05, 0) is 25.5 Å². The van der Waals surface area contributed by atoms with Crippen molar-refractivity contribution in [2.75, 3.05) is 20.8 Å². The van der Waals surface area contributed by atoms with Crippen molar-refractivity contribution in [3.05, 3.63) is 23.8 Å². The van der Waals surface area contributed by atoms with Gasteiger partial charge in [-0.2, -0.15) is 0 Å². The summed E-state index contributed by atoms with van der Waals surface area (Å²) < 4.78 is 15.2. The van der Waals surface area contributed by atoms with Crippen LogP contribution in [0.1, 0.15) is 30.6 Å². The summed E-state index contributed by atoms with van der Waals surface area (Å²) in [6.07, 6.45) is 0.832. The van der Waals surface area contributed by atoms with Crippen molar-refractivity contribution in [1.82, 2.24) is 5.32 Å². The van der Waals surface area contributed by atoms with E-state index in [9.17, 15) is 9.59 Å². The third kappa shape index (κ3) is 4.98. The number of amides is 1. The summed E-state index contributed by atoms with van der Waals surface area (Å²) in [6.45, 7) is 3.70. The van der Waals surface area contributed by atoms with Crippen molar-refractivity contribution < 1.29 is 23.8 Å². The van der Waals surface area contributed by atoms with Crippen LogP contribution in [0.3, 0.4) is 0 Å². The van der Waals surface area contributed by atoms with Gasteiger partial charge in [0.1, 0.15) is 17.1 Å². The quantitative estimate of drug-likeness (QED) is 0.776. The lowest BCUT2D eigenvalue weighted by atomic mass is 10.2. The van der Waals surface area contributed by atoms with E-state index < -0.39 is 5.97 Å². The second kappa shape index (κ2) is 8.14. The van der Waals surface area contributed by atoms with E-state index in [1.165, 1.54) is 20.3 Å². The van der Waals surface area contributed by atoms with Gasteiger partial charge >= 0.3 is 5.97 Å². The van der Waals surface area contributed by atoms with Crippen LogP contribution >= 0.6 is 0 Å². The number of hydrogen-bond acceptors (Lipinski definition) is 5. The second-order valence-electron chi connectivity index (χ2n) is 4.52. The summed E-state index contributed by atoms with van der Waals surface area (Å²) in [7, 11) is 2.79. The Morgan fingerprint density at radius 2 is 2.00 bits per heavy atom. The van der Waals surface area contributed by atoms with Gasteiger partial charge in [0.25, 0.3) is 5.91 Å². The zero-order chi connectivity index (χ0) is 15.8. The van der Waals surface area contributed by atoms with E-state index in [2.05, 4.69) is 10.1 Å². The molecule has 0 aliphatic heterocycles. The third-order valence-corrected chi connectivity index (χ3v) is 2.97. The van der Waals surface area contributed by atoms with E-state index in [0.717, 1.165) is 6.42 Å². The average molecular weight is 295 g/mol. The van der Waals surface area contributed by atoms with Gasteiger partial charge in [-0.15, -0.1) is 0 Å². The molecule has 0 fully saturated rings. The van der Waals surface area contributed by atoms with Crippen molar-refractivity contribution in [3.63, 3.8) is 0 Å². The number of carbonyl (C=O) groups excluding carboxylic acids is 2. The van der Waals surface area contributed by atoms with Crippen molar-refractivity contribution >= 4 is 11.9 Å². The van der Waals surface area contributed by atoms with Crippen LogP contribution in [0.5, 0.6) is 11.5 Å². The summed E-state index contributed by atoms with van der Waals surface area (Å²) >= 11 is 0. The lowest BCUT2D eigenvalue weighted by Crippen LogP contribution is -2.35. The van der Waals surface area contributed by atoms with Gasteiger partial charge < -0.3 is 19.5 Å². The molecule has 21 heavy (non-hydrogen) atoms. The molecule has 0 saturated carbocycles. The smallest absolute Gasteiger partial charge is 0.341 e. The minimum atomic E-state index is -0.532. The molecule has 0 bridgehead atoms. The zero-order valence-electron chi connectivity index (χ0n) is 12.8. The molecule has 1 atom stereocenters. The predicted molar refractivity (Wildman–Crippen MR) is 77.7 cm³/mol. The van der Waals surface area contributed by atoms with Crippen LogP contribution in [-0.2, 0) is 9.53 Å². The fourth-order valence-corrected chi connectivity index (χ4v) is 1.59. The Bertz CT molecular complexity index is 501. The highest BCUT2D eigenvalue weighted by molar-refractivity contribution is 5.92. The van der Waals surface area contributed by atoms with Gasteiger partial charge in [-0.25, -0.2) is 4.79 Å². The van der Waals surface area contributed by atoms with Crippen LogP contribution in [0.25, 0.3) is 0 Å². The van der Waals surface area contributed by atoms with Gasteiger partial charge in [0.2, 0.25) is 0 Å². The minimum Gasteiger partial charge on any atom is -0.497 e. The van der Waals surface area contributed by atoms with E-state index in [-0.39, 0.29) is 29.9 Å². The summed E-state index contributed by atoms with van der Waals surface area (Å²) in [5.74, 6) is -0.00142. The molecule has 116 valence electrons. The summed E-state index contributed by atoms with van der Waals surface area (Å²) in [5.41, 5.74) is 0.245. The standard InChI is InChI=1S/C15H21NO5/c1-5-10(2)16-14(17)9-21-13-8-11(19-3)6-7-12(13)15(18)20-4/h6-8,10H,5,9H2,1-4H3,(H,16,17)/t10-/m1/s1. The lowest BCUT2D eigenvalue weighted by Gasteiger charge is -2.14. The number of nitrogens with one attached hydrogen (secondary N) is 1. The molecule has 0 unspecified atom stereocenters. The molecule has 0 radical (unpaired) electrons. The Morgan fingerprint density at radius 3 is 2.57 bits per heavy atom. The molecule has 0 saturated heterocycles. The number of ether oxygens (including phenoxy) is 3. The van der Waals surface area contributed by atoms with Gasteiger partial charge in [0.05, 0.1) is 14.2 Å². The largest absolute Gasteiger partial charge is 0.497 e. The van der Waals surface area contributed by atoms with Gasteiger partial charge in [-0.1, -0.05) is 6.92 Å². The Labute approximate surface area is 124 Å². The molecule has 0 aromatic heterocycles. The Hall–Kier alpha value is -2.24. The van der Waals surface area contributed by atoms with Crippen LogP contribution in [0.4, 0.5) is 0 Å². The molecule has 0 aliphatic rings. The molecule has 0 aliphatic carbocycles. The molecule has 1 N–H and O–H groups in total. The maximum Gasteiger partial charge on any atom is 0.341 e. The first-order valence-corrected chi connectivity index (χ1v) is 6.70. The molecule has 1 rings (SSSR count). The average Bonchev–Trinajstić information content (AvgIpc) is 2.51. The fraction of sp³-hybridized carbons (Fsp3) is 0.467. The molecular formula is C15H21NO5. The maximum absolute atomic E-state index is 11.7. The first kappa shape index (κ1) is 16.8. The topological polar surface area (TPSA) is 73.9 Å². The molecular weight excluding hydrogens is 274 g/mol. The van der Waals surface area contributed by atoms with Crippen molar-refractivity contribution in [3.8, 4) is 11.5 Å². The summed E-state index contributed by atoms with van der Waals surface area (Å²) in [6, 6.07) is 4.78. The fourth-order valence-electron chi connectivity index (χ4n) is 1.59. The van der Waals surface area contributed by atoms with Crippen LogP contribution in [-0.4, -0.2) is 38.7 Å². The van der Waals surface area contributed by atoms with Crippen LogP contribution in [0.2, 0.25) is 0 Å². The van der Waals surface area contributed by atoms with E-state index in [0.29, 0.717) is 5.75 Å². The third-order valence-electron chi connectivity index (χ3n) is 2.97. The highest BCUT2D eigenvalue weighted by Crippen LogP contribution is 2.25. The first-order chi connectivity index (χ1) is 10.0. The monoisotopic (exact) mass is 295 g/mol. The minimum absolute atomic E-state index is 0.0755. The SMILES string of the molecule is CC[C@@H](C)NC(=O)COc1cc(OC)ccc1C(=O)OC. The highest BCUT2D eigenvalue weighted by Gasteiger charge is 2.15. The normalized spacial score (nSPS) is 11.4. The van der Waals surface area contributed by atoms with Gasteiger partial charge in [0, 0.05) is 12.1 Å². The zero-order valence-corrected chi connectivity index (χ0v) is 12.8. The van der Waals surface area contributed by atoms with Crippen LogP contribution in [0.15, 0.2) is 18.2 Å². The van der Waals surface area contributed by atoms with Crippen molar-refractivity contribution in [2.45, 2.75) is 26.3 Å². The molecule has 1 aromatic rings. The number of benzene rings is 1. The van der Waals surface area contributed by atoms with E-state index >= 15 is 0 Å². The first-order valence-electron chi connectivity index (χ1n) is 6.70. The molecule has 0 heterocycles. The number of methoxy groups -OCH3 is 2. The number of carbonyl (C=O) groups is 2. The lowest BCUT2D eigenvalue weighted by molar-refractivity contribution is -0.123. The van der Waals surface area contributed by atoms with E-state index in [1.54, 1.807) is 12.1 Å². The van der Waals surface area contributed by atoms with E-state index in [4.69, 9.17) is 9.47 Å². The number of esters is 1. The summed E-state index contributed by atoms with van der Waals surface area (Å²) in [4.78, 5) is 23.4. The highest BCUT2D eigenvalue weighted by atomic mass is 16.5. The molecule has 6 nitrogen and oxygen atoms in total. The molecule has 1 aromatic carbocycles. The Balaban J connectivity index is 2.80. The van der Waals surface area contributed by atoms with Crippen molar-refractivity contribution in [2.24, 2.45) is 0 Å². The van der Waals surface area contributed by atoms with Gasteiger partial charge in [0.15, 0.2) is 6.61 Å². The maximum atomic E-state index is 11.7. The van der Waals surface area contributed by atoms with Crippen LogP contribution < -0.4 is 14.8 Å². The van der Waals surface area contributed by atoms with Crippen LogP contribution in [0, 0.1) is 0 Å². The molecule has 1 amide bonds. The Kier molecular flexibility index (Phi) is 6.52. The predicted octanol–water partition coefficient (Wildman–Crippen LogP) is 1.78. The second-order valence-corrected chi connectivity index (χ2v) is 4.52. The summed E-state index contributed by atoms with van der Waals surface area (Å²) in [5, 5.41) is 2.78. The molecule has 0 spiro atoms. The van der Waals surface area contributed by atoms with E-state index in [1.807, 2.05) is 13.8 Å². The van der Waals surface area contributed by atoms with Crippen molar-refractivity contribution in [1.29, 1.82) is 0 Å². The Morgan fingerprint density at radius 1 is 1.29 bits per heavy atom. The number of rotatable bonds is 7.